The van der Waals surface area contributed by atoms with E-state index in [0.29, 0.717) is 12.8 Å². The SMILES string of the molecule is CC(C)(C)CC(C)(C(=O)OC1CC2CC1CC2CC(O)(C(F)(F)F)C(F)(F)F)C(C)(C)C. The average molecular weight is 475 g/mol. The molecule has 0 aromatic carbocycles. The molecule has 2 rings (SSSR count). The topological polar surface area (TPSA) is 46.5 Å². The van der Waals surface area contributed by atoms with Gasteiger partial charge in [-0.2, -0.15) is 26.3 Å². The smallest absolute Gasteiger partial charge is 0.426 e. The van der Waals surface area contributed by atoms with Gasteiger partial charge in [0.2, 0.25) is 0 Å². The standard InChI is InChI=1S/C23H36F6O3/c1-18(2,3)12-20(7,19(4,5)6)17(30)32-16-10-13-8-14(16)9-15(13)11-21(31,22(24,25)26)23(27,28)29/h13-16,31H,8-12H2,1-7H3. The Balaban J connectivity index is 2.12. The van der Waals surface area contributed by atoms with Crippen molar-refractivity contribution in [1.82, 2.24) is 0 Å². The number of rotatable bonds is 5. The molecule has 2 aliphatic rings. The quantitative estimate of drug-likeness (QED) is 0.357. The van der Waals surface area contributed by atoms with Gasteiger partial charge >= 0.3 is 18.3 Å². The Kier molecular flexibility index (Phi) is 6.86. The Morgan fingerprint density at radius 2 is 1.34 bits per heavy atom. The molecule has 0 aromatic rings. The molecule has 5 atom stereocenters. The first-order chi connectivity index (χ1) is 14.0. The van der Waals surface area contributed by atoms with Gasteiger partial charge in [-0.1, -0.05) is 41.5 Å². The zero-order valence-corrected chi connectivity index (χ0v) is 19.9. The zero-order valence-electron chi connectivity index (χ0n) is 19.9. The second-order valence-electron chi connectivity index (χ2n) is 12.3. The number of carbonyl (C=O) groups is 1. The van der Waals surface area contributed by atoms with Gasteiger partial charge in [0.05, 0.1) is 5.41 Å². The lowest BCUT2D eigenvalue weighted by Crippen LogP contribution is -2.58. The monoisotopic (exact) mass is 474 g/mol. The molecule has 0 heterocycles. The highest BCUT2D eigenvalue weighted by Gasteiger charge is 2.71. The van der Waals surface area contributed by atoms with E-state index >= 15 is 0 Å². The number of fused-ring (bicyclic) bond motifs is 2. The first-order valence-electron chi connectivity index (χ1n) is 11.1. The summed E-state index contributed by atoms with van der Waals surface area (Å²) in [4.78, 5) is 13.2. The summed E-state index contributed by atoms with van der Waals surface area (Å²) < 4.78 is 84.4. The average Bonchev–Trinajstić information content (AvgIpc) is 3.09. The van der Waals surface area contributed by atoms with Gasteiger partial charge in [-0.05, 0) is 67.6 Å². The van der Waals surface area contributed by atoms with Gasteiger partial charge in [0.15, 0.2) is 0 Å². The molecule has 2 aliphatic carbocycles. The van der Waals surface area contributed by atoms with Crippen LogP contribution in [0, 0.1) is 34.0 Å². The van der Waals surface area contributed by atoms with Gasteiger partial charge in [-0.3, -0.25) is 4.79 Å². The molecular weight excluding hydrogens is 438 g/mol. The highest BCUT2D eigenvalue weighted by atomic mass is 19.4. The number of halogens is 6. The molecular formula is C23H36F6O3. The molecule has 0 radical (unpaired) electrons. The molecule has 0 saturated heterocycles. The van der Waals surface area contributed by atoms with Crippen molar-refractivity contribution >= 4 is 5.97 Å². The number of alkyl halides is 6. The predicted octanol–water partition coefficient (Wildman–Crippen LogP) is 6.68. The highest BCUT2D eigenvalue weighted by Crippen LogP contribution is 2.57. The molecule has 188 valence electrons. The zero-order chi connectivity index (χ0) is 25.1. The van der Waals surface area contributed by atoms with Crippen molar-refractivity contribution < 1.29 is 41.0 Å². The maximum Gasteiger partial charge on any atom is 0.426 e. The second-order valence-corrected chi connectivity index (χ2v) is 12.3. The van der Waals surface area contributed by atoms with E-state index in [-0.39, 0.29) is 30.1 Å². The molecule has 2 fully saturated rings. The largest absolute Gasteiger partial charge is 0.462 e. The van der Waals surface area contributed by atoms with Crippen molar-refractivity contribution in [3.05, 3.63) is 0 Å². The Labute approximate surface area is 186 Å². The van der Waals surface area contributed by atoms with E-state index in [0.717, 1.165) is 0 Å². The van der Waals surface area contributed by atoms with E-state index in [1.165, 1.54) is 0 Å². The number of hydrogen-bond acceptors (Lipinski definition) is 3. The van der Waals surface area contributed by atoms with Crippen molar-refractivity contribution in [2.24, 2.45) is 34.0 Å². The van der Waals surface area contributed by atoms with E-state index in [4.69, 9.17) is 4.74 Å². The molecule has 0 spiro atoms. The minimum Gasteiger partial charge on any atom is -0.462 e. The van der Waals surface area contributed by atoms with E-state index in [1.54, 1.807) is 0 Å². The Bertz CT molecular complexity index is 686. The molecule has 0 aliphatic heterocycles. The summed E-state index contributed by atoms with van der Waals surface area (Å²) in [5, 5.41) is 9.55. The van der Waals surface area contributed by atoms with Crippen LogP contribution in [0.3, 0.4) is 0 Å². The van der Waals surface area contributed by atoms with Gasteiger partial charge < -0.3 is 9.84 Å². The van der Waals surface area contributed by atoms with Crippen LogP contribution in [0.25, 0.3) is 0 Å². The van der Waals surface area contributed by atoms with Crippen molar-refractivity contribution in [3.63, 3.8) is 0 Å². The molecule has 3 nitrogen and oxygen atoms in total. The predicted molar refractivity (Wildman–Crippen MR) is 108 cm³/mol. The van der Waals surface area contributed by atoms with Gasteiger partial charge in [-0.15, -0.1) is 0 Å². The molecule has 9 heteroatoms. The number of esters is 1. The number of carbonyl (C=O) groups excluding carboxylic acids is 1. The molecule has 0 amide bonds. The fraction of sp³-hybridized carbons (Fsp3) is 0.957. The maximum absolute atomic E-state index is 13.2. The van der Waals surface area contributed by atoms with Crippen molar-refractivity contribution in [2.45, 2.75) is 105 Å². The summed E-state index contributed by atoms with van der Waals surface area (Å²) in [6.45, 7) is 13.8. The van der Waals surface area contributed by atoms with Crippen molar-refractivity contribution in [2.75, 3.05) is 0 Å². The van der Waals surface area contributed by atoms with Crippen LogP contribution < -0.4 is 0 Å². The number of aliphatic hydroxyl groups is 1. The summed E-state index contributed by atoms with van der Waals surface area (Å²) in [6.07, 6.45) is -12.3. The second kappa shape index (κ2) is 8.05. The van der Waals surface area contributed by atoms with E-state index in [9.17, 15) is 36.2 Å². The number of hydrogen-bond donors (Lipinski definition) is 1. The Morgan fingerprint density at radius 1 is 0.844 bits per heavy atom. The molecule has 32 heavy (non-hydrogen) atoms. The van der Waals surface area contributed by atoms with Crippen LogP contribution in [-0.4, -0.2) is 35.1 Å². The van der Waals surface area contributed by atoms with Crippen LogP contribution in [-0.2, 0) is 9.53 Å². The van der Waals surface area contributed by atoms with Crippen LogP contribution >= 0.6 is 0 Å². The summed E-state index contributed by atoms with van der Waals surface area (Å²) >= 11 is 0. The van der Waals surface area contributed by atoms with Crippen LogP contribution in [0.5, 0.6) is 0 Å². The molecule has 2 bridgehead atoms. The lowest BCUT2D eigenvalue weighted by molar-refractivity contribution is -0.373. The summed E-state index contributed by atoms with van der Waals surface area (Å²) in [7, 11) is 0. The van der Waals surface area contributed by atoms with Crippen LogP contribution in [0.4, 0.5) is 26.3 Å². The Morgan fingerprint density at radius 3 is 1.69 bits per heavy atom. The molecule has 2 saturated carbocycles. The highest BCUT2D eigenvalue weighted by molar-refractivity contribution is 5.77. The van der Waals surface area contributed by atoms with Gasteiger partial charge in [-0.25, -0.2) is 0 Å². The molecule has 1 N–H and O–H groups in total. The van der Waals surface area contributed by atoms with E-state index in [1.807, 2.05) is 48.5 Å². The minimum absolute atomic E-state index is 0.0720. The maximum atomic E-state index is 13.2. The van der Waals surface area contributed by atoms with Crippen LogP contribution in [0.15, 0.2) is 0 Å². The third-order valence-corrected chi connectivity index (χ3v) is 7.68. The van der Waals surface area contributed by atoms with Crippen molar-refractivity contribution in [3.8, 4) is 0 Å². The van der Waals surface area contributed by atoms with Crippen molar-refractivity contribution in [1.29, 1.82) is 0 Å². The van der Waals surface area contributed by atoms with Crippen LogP contribution in [0.2, 0.25) is 0 Å². The van der Waals surface area contributed by atoms with Gasteiger partial charge in [0.1, 0.15) is 6.10 Å². The molecule has 5 unspecified atom stereocenters. The first-order valence-corrected chi connectivity index (χ1v) is 11.1. The minimum atomic E-state index is -5.81. The van der Waals surface area contributed by atoms with Gasteiger partial charge in [0.25, 0.3) is 5.60 Å². The summed E-state index contributed by atoms with van der Waals surface area (Å²) in [6, 6.07) is 0. The first kappa shape index (κ1) is 27.3. The normalized spacial score (nSPS) is 29.2. The van der Waals surface area contributed by atoms with Gasteiger partial charge in [0, 0.05) is 0 Å². The van der Waals surface area contributed by atoms with Crippen LogP contribution in [0.1, 0.15) is 80.6 Å². The fourth-order valence-corrected chi connectivity index (χ4v) is 5.48. The third-order valence-electron chi connectivity index (χ3n) is 7.68. The van der Waals surface area contributed by atoms with E-state index in [2.05, 4.69) is 0 Å². The lowest BCUT2D eigenvalue weighted by Gasteiger charge is -2.44. The lowest BCUT2D eigenvalue weighted by atomic mass is 9.61. The summed E-state index contributed by atoms with van der Waals surface area (Å²) in [5.41, 5.74) is -6.09. The third kappa shape index (κ3) is 5.07. The Hall–Kier alpha value is -0.990. The summed E-state index contributed by atoms with van der Waals surface area (Å²) in [5.74, 6) is -2.04. The van der Waals surface area contributed by atoms with E-state index < -0.39 is 53.1 Å². The molecule has 0 aromatic heterocycles. The fourth-order valence-electron chi connectivity index (χ4n) is 5.48. The number of ether oxygens (including phenoxy) is 1.